The average molecular weight is 339 g/mol. The summed E-state index contributed by atoms with van der Waals surface area (Å²) in [5, 5.41) is 8.70. The van der Waals surface area contributed by atoms with Crippen molar-refractivity contribution in [2.75, 3.05) is 0 Å². The molecule has 124 valence electrons. The number of aryl methyl sites for hydroxylation is 1. The van der Waals surface area contributed by atoms with Crippen LogP contribution in [0, 0.1) is 5.82 Å². The molecule has 5 aromatic rings. The van der Waals surface area contributed by atoms with Crippen LogP contribution < -0.4 is 11.2 Å². The molecular formula is C15H10FN7O2. The summed E-state index contributed by atoms with van der Waals surface area (Å²) < 4.78 is 17.4. The quantitative estimate of drug-likeness (QED) is 0.441. The predicted octanol–water partition coefficient (Wildman–Crippen LogP) is 0.448. The Labute approximate surface area is 137 Å². The van der Waals surface area contributed by atoms with Crippen LogP contribution in [0.15, 0.2) is 27.8 Å². The molecule has 0 saturated heterocycles. The third-order valence-electron chi connectivity index (χ3n) is 4.42. The zero-order chi connectivity index (χ0) is 17.5. The van der Waals surface area contributed by atoms with Gasteiger partial charge in [0.1, 0.15) is 17.0 Å². The van der Waals surface area contributed by atoms with Gasteiger partial charge < -0.3 is 4.98 Å². The molecular weight excluding hydrogens is 329 g/mol. The maximum atomic E-state index is 13.6. The second kappa shape index (κ2) is 4.29. The van der Waals surface area contributed by atoms with Crippen LogP contribution in [-0.4, -0.2) is 33.7 Å². The van der Waals surface area contributed by atoms with Crippen molar-refractivity contribution >= 4 is 39.0 Å². The normalized spacial score (nSPS) is 12.1. The predicted molar refractivity (Wildman–Crippen MR) is 88.1 cm³/mol. The van der Waals surface area contributed by atoms with Gasteiger partial charge in [-0.05, 0) is 18.2 Å². The van der Waals surface area contributed by atoms with Gasteiger partial charge in [-0.25, -0.2) is 9.18 Å². The van der Waals surface area contributed by atoms with Gasteiger partial charge in [0.05, 0.1) is 0 Å². The summed E-state index contributed by atoms with van der Waals surface area (Å²) in [5.74, 6) is -0.225. The minimum absolute atomic E-state index is 0.174. The summed E-state index contributed by atoms with van der Waals surface area (Å²) in [5.41, 5.74) is 0.961. The van der Waals surface area contributed by atoms with Crippen LogP contribution in [0.4, 0.5) is 4.39 Å². The minimum Gasteiger partial charge on any atom is -0.339 e. The van der Waals surface area contributed by atoms with Crippen molar-refractivity contribution in [2.45, 2.75) is 0 Å². The Hall–Kier alpha value is -3.56. The van der Waals surface area contributed by atoms with E-state index >= 15 is 0 Å². The maximum absolute atomic E-state index is 13.6. The van der Waals surface area contributed by atoms with Crippen LogP contribution in [0.5, 0.6) is 0 Å². The molecule has 0 saturated carbocycles. The molecule has 1 N–H and O–H groups in total. The first-order chi connectivity index (χ1) is 12.0. The van der Waals surface area contributed by atoms with Crippen molar-refractivity contribution in [2.24, 2.45) is 14.1 Å². The molecule has 9 nitrogen and oxygen atoms in total. The van der Waals surface area contributed by atoms with Crippen LogP contribution >= 0.6 is 0 Å². The molecule has 1 aromatic carbocycles. The van der Waals surface area contributed by atoms with Crippen LogP contribution in [0.25, 0.3) is 39.0 Å². The Morgan fingerprint density at radius 2 is 1.92 bits per heavy atom. The number of H-pyrrole nitrogens is 1. The lowest BCUT2D eigenvalue weighted by atomic mass is 10.2. The number of halogens is 1. The van der Waals surface area contributed by atoms with E-state index in [9.17, 15) is 14.0 Å². The van der Waals surface area contributed by atoms with Crippen molar-refractivity contribution in [1.82, 2.24) is 33.7 Å². The molecule has 0 fully saturated rings. The van der Waals surface area contributed by atoms with Crippen molar-refractivity contribution < 1.29 is 4.39 Å². The maximum Gasteiger partial charge on any atom is 0.332 e. The highest BCUT2D eigenvalue weighted by Crippen LogP contribution is 2.25. The molecule has 0 spiro atoms. The van der Waals surface area contributed by atoms with Gasteiger partial charge >= 0.3 is 5.69 Å². The highest BCUT2D eigenvalue weighted by atomic mass is 19.1. The van der Waals surface area contributed by atoms with E-state index in [4.69, 9.17) is 0 Å². The van der Waals surface area contributed by atoms with Gasteiger partial charge in [0, 0.05) is 25.0 Å². The Kier molecular flexibility index (Phi) is 2.37. The SMILES string of the molecule is Cn1c(=O)c2c(nc3nnc4c5cc(F)ccc5[nH]c4n32)n(C)c1=O. The van der Waals surface area contributed by atoms with Crippen molar-refractivity contribution in [3.05, 3.63) is 44.9 Å². The summed E-state index contributed by atoms with van der Waals surface area (Å²) in [7, 11) is 2.93. The number of aromatic amines is 1. The molecule has 0 atom stereocenters. The zero-order valence-corrected chi connectivity index (χ0v) is 13.1. The molecule has 0 aliphatic heterocycles. The molecule has 4 aromatic heterocycles. The Balaban J connectivity index is 2.14. The largest absolute Gasteiger partial charge is 0.339 e. The number of hydrogen-bond donors (Lipinski definition) is 1. The van der Waals surface area contributed by atoms with Crippen LogP contribution in [0.1, 0.15) is 0 Å². The van der Waals surface area contributed by atoms with Gasteiger partial charge in [-0.1, -0.05) is 0 Å². The molecule has 0 aliphatic carbocycles. The fourth-order valence-electron chi connectivity index (χ4n) is 3.16. The van der Waals surface area contributed by atoms with Crippen LogP contribution in [0.2, 0.25) is 0 Å². The van der Waals surface area contributed by atoms with E-state index in [1.807, 2.05) is 0 Å². The fraction of sp³-hybridized carbons (Fsp3) is 0.133. The Morgan fingerprint density at radius 3 is 2.72 bits per heavy atom. The minimum atomic E-state index is -0.496. The molecule has 25 heavy (non-hydrogen) atoms. The fourth-order valence-corrected chi connectivity index (χ4v) is 3.16. The molecule has 0 amide bonds. The Bertz CT molecular complexity index is 1470. The van der Waals surface area contributed by atoms with Gasteiger partial charge in [0.2, 0.25) is 0 Å². The van der Waals surface area contributed by atoms with Gasteiger partial charge in [-0.2, -0.15) is 4.98 Å². The van der Waals surface area contributed by atoms with E-state index in [0.717, 1.165) is 4.57 Å². The second-order valence-corrected chi connectivity index (χ2v) is 5.84. The number of nitrogens with one attached hydrogen (secondary N) is 1. The van der Waals surface area contributed by atoms with Crippen LogP contribution in [0.3, 0.4) is 0 Å². The van der Waals surface area contributed by atoms with E-state index < -0.39 is 17.1 Å². The molecule has 5 rings (SSSR count). The number of rotatable bonds is 0. The molecule has 0 bridgehead atoms. The van der Waals surface area contributed by atoms with Crippen molar-refractivity contribution in [1.29, 1.82) is 0 Å². The summed E-state index contributed by atoms with van der Waals surface area (Å²) in [6, 6.07) is 4.27. The monoisotopic (exact) mass is 339 g/mol. The topological polar surface area (TPSA) is 103 Å². The zero-order valence-electron chi connectivity index (χ0n) is 13.1. The van der Waals surface area contributed by atoms with Gasteiger partial charge in [-0.3, -0.25) is 18.3 Å². The summed E-state index contributed by atoms with van der Waals surface area (Å²) >= 11 is 0. The third kappa shape index (κ3) is 1.57. The summed E-state index contributed by atoms with van der Waals surface area (Å²) in [6.45, 7) is 0. The molecule has 0 unspecified atom stereocenters. The number of nitrogens with zero attached hydrogens (tertiary/aromatic N) is 6. The number of fused-ring (bicyclic) bond motifs is 7. The smallest absolute Gasteiger partial charge is 0.332 e. The first-order valence-corrected chi connectivity index (χ1v) is 7.39. The third-order valence-corrected chi connectivity index (χ3v) is 4.42. The van der Waals surface area contributed by atoms with Crippen molar-refractivity contribution in [3.63, 3.8) is 0 Å². The number of benzene rings is 1. The summed E-state index contributed by atoms with van der Waals surface area (Å²) in [4.78, 5) is 32.2. The number of aromatic nitrogens is 7. The van der Waals surface area contributed by atoms with Crippen LogP contribution in [-0.2, 0) is 14.1 Å². The Morgan fingerprint density at radius 1 is 1.12 bits per heavy atom. The molecule has 0 aliphatic rings. The first kappa shape index (κ1) is 13.8. The standard InChI is InChI=1S/C15H10FN7O2/c1-21-12-10(13(24)22(2)15(21)25)23-11-9(19-20-14(23)18-12)7-5-6(16)3-4-8(7)17-11/h3-5,17H,1-2H3. The van der Waals surface area contributed by atoms with E-state index in [2.05, 4.69) is 20.2 Å². The highest BCUT2D eigenvalue weighted by Gasteiger charge is 2.20. The lowest BCUT2D eigenvalue weighted by molar-refractivity contribution is 0.630. The average Bonchev–Trinajstić information content (AvgIpc) is 3.16. The summed E-state index contributed by atoms with van der Waals surface area (Å²) in [6.07, 6.45) is 0. The number of hydrogen-bond acceptors (Lipinski definition) is 5. The molecule has 10 heteroatoms. The van der Waals surface area contributed by atoms with E-state index in [1.165, 1.54) is 35.2 Å². The molecule has 0 radical (unpaired) electrons. The van der Waals surface area contributed by atoms with Gasteiger partial charge in [-0.15, -0.1) is 10.2 Å². The highest BCUT2D eigenvalue weighted by molar-refractivity contribution is 6.04. The lowest BCUT2D eigenvalue weighted by Gasteiger charge is -2.02. The lowest BCUT2D eigenvalue weighted by Crippen LogP contribution is -2.37. The van der Waals surface area contributed by atoms with E-state index in [1.54, 1.807) is 6.07 Å². The van der Waals surface area contributed by atoms with E-state index in [0.29, 0.717) is 22.1 Å². The van der Waals surface area contributed by atoms with Crippen molar-refractivity contribution in [3.8, 4) is 0 Å². The first-order valence-electron chi connectivity index (χ1n) is 7.39. The second-order valence-electron chi connectivity index (χ2n) is 5.84. The number of imidazole rings is 1. The van der Waals surface area contributed by atoms with E-state index in [-0.39, 0.29) is 16.9 Å². The van der Waals surface area contributed by atoms with Gasteiger partial charge in [0.15, 0.2) is 11.2 Å². The van der Waals surface area contributed by atoms with Gasteiger partial charge in [0.25, 0.3) is 11.3 Å². The molecule has 4 heterocycles.